The van der Waals surface area contributed by atoms with E-state index in [9.17, 15) is 0 Å². The van der Waals surface area contributed by atoms with E-state index in [0.29, 0.717) is 39.6 Å². The van der Waals surface area contributed by atoms with Gasteiger partial charge in [0, 0.05) is 0 Å². The molecule has 0 atom stereocenters. The third-order valence-electron chi connectivity index (χ3n) is 1.96. The summed E-state index contributed by atoms with van der Waals surface area (Å²) in [6, 6.07) is 0. The van der Waals surface area contributed by atoms with Gasteiger partial charge >= 0.3 is 81.8 Å². The Labute approximate surface area is 82.7 Å². The van der Waals surface area contributed by atoms with Crippen molar-refractivity contribution in [3.8, 4) is 0 Å². The predicted octanol–water partition coefficient (Wildman–Crippen LogP) is 0.871. The molecule has 0 aromatic rings. The van der Waals surface area contributed by atoms with Crippen LogP contribution in [-0.4, -0.2) is 46.8 Å². The molecule has 2 aliphatic heterocycles. The van der Waals surface area contributed by atoms with Gasteiger partial charge in [0.1, 0.15) is 0 Å². The van der Waals surface area contributed by atoms with Crippen molar-refractivity contribution in [3.63, 3.8) is 0 Å². The molecule has 2 aliphatic rings. The van der Waals surface area contributed by atoms with E-state index in [1.165, 1.54) is 0 Å². The molecule has 1 spiro atoms. The normalized spacial score (nSPS) is 31.6. The van der Waals surface area contributed by atoms with Crippen LogP contribution in [0.15, 0.2) is 0 Å². The van der Waals surface area contributed by atoms with Crippen molar-refractivity contribution in [2.45, 2.75) is 0 Å². The molecule has 0 amide bonds. The Balaban J connectivity index is 1.99. The van der Waals surface area contributed by atoms with Crippen molar-refractivity contribution in [1.29, 1.82) is 0 Å². The Morgan fingerprint density at radius 2 is 1.43 bits per heavy atom. The van der Waals surface area contributed by atoms with Gasteiger partial charge in [-0.15, -0.1) is 0 Å². The molecule has 0 aliphatic carbocycles. The molecule has 84 valence electrons. The standard InChI is InChI=1S/C7H15O6P/c1-8-2-3-9-14(10-4-5-11-14)12-6-7-13-14/h2-7H2,1H3. The Kier molecular flexibility index (Phi) is 3.04. The molecule has 0 unspecified atom stereocenters. The van der Waals surface area contributed by atoms with E-state index in [2.05, 4.69) is 0 Å². The number of ether oxygens (including phenoxy) is 1. The van der Waals surface area contributed by atoms with Gasteiger partial charge in [0.25, 0.3) is 0 Å². The van der Waals surface area contributed by atoms with Crippen molar-refractivity contribution in [2.75, 3.05) is 46.8 Å². The zero-order valence-corrected chi connectivity index (χ0v) is 9.03. The molecule has 0 aromatic heterocycles. The van der Waals surface area contributed by atoms with Crippen molar-refractivity contribution in [1.82, 2.24) is 0 Å². The quantitative estimate of drug-likeness (QED) is 0.523. The van der Waals surface area contributed by atoms with Gasteiger partial charge in [-0.1, -0.05) is 0 Å². The average Bonchev–Trinajstić information content (AvgIpc) is 2.78. The van der Waals surface area contributed by atoms with Gasteiger partial charge in [-0.2, -0.15) is 0 Å². The number of rotatable bonds is 4. The molecule has 2 saturated heterocycles. The van der Waals surface area contributed by atoms with Gasteiger partial charge in [-0.05, 0) is 0 Å². The van der Waals surface area contributed by atoms with Crippen LogP contribution in [0.5, 0.6) is 0 Å². The average molecular weight is 226 g/mol. The van der Waals surface area contributed by atoms with Gasteiger partial charge < -0.3 is 0 Å². The van der Waals surface area contributed by atoms with E-state index in [-0.39, 0.29) is 0 Å². The zero-order chi connectivity index (χ0) is 9.93. The maximum atomic E-state index is 5.50. The molecule has 6 nitrogen and oxygen atoms in total. The summed E-state index contributed by atoms with van der Waals surface area (Å²) in [7, 11) is -2.01. The first-order chi connectivity index (χ1) is 6.79. The third-order valence-corrected chi connectivity index (χ3v) is 4.99. The summed E-state index contributed by atoms with van der Waals surface area (Å²) in [5.41, 5.74) is 0. The summed E-state index contributed by atoms with van der Waals surface area (Å²) in [6.07, 6.45) is 0. The fourth-order valence-electron chi connectivity index (χ4n) is 1.39. The number of hydrogen-bond acceptors (Lipinski definition) is 6. The Morgan fingerprint density at radius 1 is 0.929 bits per heavy atom. The van der Waals surface area contributed by atoms with E-state index in [0.717, 1.165) is 0 Å². The topological polar surface area (TPSA) is 55.4 Å². The summed E-state index contributed by atoms with van der Waals surface area (Å²) in [6.45, 7) is 2.59. The second-order valence-electron chi connectivity index (χ2n) is 2.90. The third kappa shape index (κ3) is 1.79. The first-order valence-electron chi connectivity index (χ1n) is 4.55. The molecule has 0 N–H and O–H groups in total. The van der Waals surface area contributed by atoms with Crippen LogP contribution >= 0.6 is 7.74 Å². The van der Waals surface area contributed by atoms with Gasteiger partial charge in [0.05, 0.1) is 0 Å². The second kappa shape index (κ2) is 3.98. The van der Waals surface area contributed by atoms with Gasteiger partial charge in [0.2, 0.25) is 0 Å². The van der Waals surface area contributed by atoms with E-state index in [4.69, 9.17) is 27.4 Å². The molecule has 0 aromatic carbocycles. The fourth-order valence-corrected chi connectivity index (χ4v) is 4.00. The first kappa shape index (κ1) is 10.7. The van der Waals surface area contributed by atoms with Crippen molar-refractivity contribution >= 4 is 7.74 Å². The van der Waals surface area contributed by atoms with Crippen LogP contribution in [0.25, 0.3) is 0 Å². The van der Waals surface area contributed by atoms with Crippen LogP contribution in [0, 0.1) is 0 Å². The monoisotopic (exact) mass is 226 g/mol. The minimum atomic E-state index is -3.61. The van der Waals surface area contributed by atoms with Gasteiger partial charge in [-0.25, -0.2) is 0 Å². The summed E-state index contributed by atoms with van der Waals surface area (Å²) in [4.78, 5) is 0. The molecule has 7 heteroatoms. The Bertz CT molecular complexity index is 175. The molecule has 14 heavy (non-hydrogen) atoms. The number of hydrogen-bond donors (Lipinski definition) is 0. The summed E-state index contributed by atoms with van der Waals surface area (Å²) >= 11 is 0. The van der Waals surface area contributed by atoms with Gasteiger partial charge in [0.15, 0.2) is 0 Å². The van der Waals surface area contributed by atoms with Crippen LogP contribution < -0.4 is 0 Å². The molecule has 0 saturated carbocycles. The van der Waals surface area contributed by atoms with Gasteiger partial charge in [-0.3, -0.25) is 0 Å². The van der Waals surface area contributed by atoms with E-state index < -0.39 is 7.74 Å². The Morgan fingerprint density at radius 3 is 1.86 bits per heavy atom. The zero-order valence-electron chi connectivity index (χ0n) is 8.14. The molecular formula is C7H15O6P. The van der Waals surface area contributed by atoms with E-state index in [1.807, 2.05) is 0 Å². The maximum absolute atomic E-state index is 5.50. The second-order valence-corrected chi connectivity index (χ2v) is 5.69. The van der Waals surface area contributed by atoms with Crippen LogP contribution in [0.4, 0.5) is 0 Å². The van der Waals surface area contributed by atoms with Crippen molar-refractivity contribution in [2.24, 2.45) is 0 Å². The van der Waals surface area contributed by atoms with E-state index >= 15 is 0 Å². The molecule has 0 radical (unpaired) electrons. The van der Waals surface area contributed by atoms with Crippen molar-refractivity contribution in [3.05, 3.63) is 0 Å². The summed E-state index contributed by atoms with van der Waals surface area (Å²) < 4.78 is 32.1. The van der Waals surface area contributed by atoms with Crippen LogP contribution in [0.2, 0.25) is 0 Å². The van der Waals surface area contributed by atoms with Crippen LogP contribution in [0.1, 0.15) is 0 Å². The molecule has 2 heterocycles. The number of methoxy groups -OCH3 is 1. The Hall–Kier alpha value is 0.190. The van der Waals surface area contributed by atoms with Crippen LogP contribution in [-0.2, 0) is 27.4 Å². The van der Waals surface area contributed by atoms with Crippen LogP contribution in [0.3, 0.4) is 0 Å². The molecule has 0 bridgehead atoms. The summed E-state index contributed by atoms with van der Waals surface area (Å²) in [5.74, 6) is 0. The fraction of sp³-hybridized carbons (Fsp3) is 1.00. The first-order valence-corrected chi connectivity index (χ1v) is 6.38. The predicted molar refractivity (Wildman–Crippen MR) is 48.6 cm³/mol. The molecule has 2 rings (SSSR count). The van der Waals surface area contributed by atoms with Crippen molar-refractivity contribution < 1.29 is 27.4 Å². The summed E-state index contributed by atoms with van der Waals surface area (Å²) in [5, 5.41) is 0. The minimum absolute atomic E-state index is 0.342. The molecule has 2 fully saturated rings. The SMILES string of the molecule is COCCOP12(OCCO1)OCCO2. The van der Waals surface area contributed by atoms with E-state index in [1.54, 1.807) is 7.11 Å². The molecular weight excluding hydrogens is 211 g/mol.